The van der Waals surface area contributed by atoms with Gasteiger partial charge in [-0.05, 0) is 14.1 Å². The number of hydrogen-bond donors (Lipinski definition) is 2. The van der Waals surface area contributed by atoms with Gasteiger partial charge in [-0.1, -0.05) is 0 Å². The predicted molar refractivity (Wildman–Crippen MR) is 60.1 cm³/mol. The van der Waals surface area contributed by atoms with Crippen molar-refractivity contribution in [3.05, 3.63) is 0 Å². The molecule has 0 amide bonds. The van der Waals surface area contributed by atoms with Gasteiger partial charge in [0.15, 0.2) is 0 Å². The molecule has 0 aliphatic heterocycles. The number of likely N-dealkylation sites (N-methyl/N-ethyl adjacent to an activating group) is 1. The Hall–Kier alpha value is -0.200. The standard InChI is InChI=1S/C10H24N2O3/c1-12(2)5-4-11-8-10(13)9-15-7-6-14-3/h10-11,13H,4-9H2,1-3H3. The fourth-order valence-electron chi connectivity index (χ4n) is 0.992. The van der Waals surface area contributed by atoms with Crippen LogP contribution in [0.5, 0.6) is 0 Å². The zero-order valence-corrected chi connectivity index (χ0v) is 10.0. The molecule has 0 fully saturated rings. The van der Waals surface area contributed by atoms with E-state index >= 15 is 0 Å². The molecule has 0 aromatic rings. The number of aliphatic hydroxyl groups excluding tert-OH is 1. The Morgan fingerprint density at radius 3 is 2.67 bits per heavy atom. The maximum Gasteiger partial charge on any atom is 0.0897 e. The lowest BCUT2D eigenvalue weighted by Crippen LogP contribution is -2.34. The number of aliphatic hydroxyl groups is 1. The molecule has 0 radical (unpaired) electrons. The van der Waals surface area contributed by atoms with Gasteiger partial charge >= 0.3 is 0 Å². The summed E-state index contributed by atoms with van der Waals surface area (Å²) in [6.07, 6.45) is -0.441. The fourth-order valence-corrected chi connectivity index (χ4v) is 0.992. The van der Waals surface area contributed by atoms with Gasteiger partial charge in [0.1, 0.15) is 0 Å². The van der Waals surface area contributed by atoms with E-state index in [1.807, 2.05) is 14.1 Å². The SMILES string of the molecule is COCCOCC(O)CNCCN(C)C. The van der Waals surface area contributed by atoms with Gasteiger partial charge in [0.25, 0.3) is 0 Å². The molecule has 1 unspecified atom stereocenters. The highest BCUT2D eigenvalue weighted by molar-refractivity contribution is 4.59. The van der Waals surface area contributed by atoms with Crippen molar-refractivity contribution in [1.29, 1.82) is 0 Å². The Bertz CT molecular complexity index is 134. The van der Waals surface area contributed by atoms with Crippen LogP contribution in [0.25, 0.3) is 0 Å². The van der Waals surface area contributed by atoms with Crippen LogP contribution in [-0.4, -0.2) is 76.8 Å². The summed E-state index contributed by atoms with van der Waals surface area (Å²) in [5.74, 6) is 0. The zero-order valence-electron chi connectivity index (χ0n) is 10.0. The first-order valence-electron chi connectivity index (χ1n) is 5.27. The van der Waals surface area contributed by atoms with E-state index in [1.165, 1.54) is 0 Å². The number of rotatable bonds is 10. The number of ether oxygens (including phenoxy) is 2. The molecule has 0 aliphatic carbocycles. The van der Waals surface area contributed by atoms with Crippen LogP contribution >= 0.6 is 0 Å². The van der Waals surface area contributed by atoms with Crippen LogP contribution in [-0.2, 0) is 9.47 Å². The summed E-state index contributed by atoms with van der Waals surface area (Å²) in [6, 6.07) is 0. The predicted octanol–water partition coefficient (Wildman–Crippen LogP) is -0.838. The van der Waals surface area contributed by atoms with Gasteiger partial charge < -0.3 is 24.8 Å². The van der Waals surface area contributed by atoms with E-state index in [1.54, 1.807) is 7.11 Å². The smallest absolute Gasteiger partial charge is 0.0897 e. The van der Waals surface area contributed by atoms with Gasteiger partial charge in [0.2, 0.25) is 0 Å². The molecule has 0 rings (SSSR count). The van der Waals surface area contributed by atoms with Crippen LogP contribution in [0.1, 0.15) is 0 Å². The molecule has 1 atom stereocenters. The molecule has 92 valence electrons. The second kappa shape index (κ2) is 10.3. The van der Waals surface area contributed by atoms with E-state index in [0.29, 0.717) is 26.4 Å². The van der Waals surface area contributed by atoms with E-state index in [9.17, 15) is 5.11 Å². The molecule has 0 saturated heterocycles. The average Bonchev–Trinajstić information content (AvgIpc) is 2.19. The van der Waals surface area contributed by atoms with Crippen molar-refractivity contribution >= 4 is 0 Å². The van der Waals surface area contributed by atoms with Crippen molar-refractivity contribution in [2.45, 2.75) is 6.10 Å². The highest BCUT2D eigenvalue weighted by Crippen LogP contribution is 1.84. The molecule has 5 heteroatoms. The normalized spacial score (nSPS) is 13.4. The summed E-state index contributed by atoms with van der Waals surface area (Å²) in [7, 11) is 5.67. The maximum absolute atomic E-state index is 9.47. The lowest BCUT2D eigenvalue weighted by Gasteiger charge is -2.14. The summed E-state index contributed by atoms with van der Waals surface area (Å²) in [5, 5.41) is 12.6. The van der Waals surface area contributed by atoms with E-state index in [0.717, 1.165) is 13.1 Å². The van der Waals surface area contributed by atoms with Gasteiger partial charge in [-0.15, -0.1) is 0 Å². The molecule has 0 heterocycles. The Morgan fingerprint density at radius 1 is 1.33 bits per heavy atom. The van der Waals surface area contributed by atoms with Crippen LogP contribution in [0.4, 0.5) is 0 Å². The van der Waals surface area contributed by atoms with Crippen LogP contribution in [0, 0.1) is 0 Å². The molecule has 0 saturated carbocycles. The molecular formula is C10H24N2O3. The Morgan fingerprint density at radius 2 is 2.07 bits per heavy atom. The van der Waals surface area contributed by atoms with Crippen molar-refractivity contribution in [2.75, 3.05) is 60.7 Å². The minimum atomic E-state index is -0.441. The van der Waals surface area contributed by atoms with E-state index < -0.39 is 6.10 Å². The molecule has 0 spiro atoms. The molecule has 0 aliphatic rings. The number of hydrogen-bond acceptors (Lipinski definition) is 5. The third-order valence-corrected chi connectivity index (χ3v) is 1.86. The van der Waals surface area contributed by atoms with Gasteiger partial charge in [-0.25, -0.2) is 0 Å². The van der Waals surface area contributed by atoms with Crippen molar-refractivity contribution < 1.29 is 14.6 Å². The van der Waals surface area contributed by atoms with Crippen LogP contribution in [0.3, 0.4) is 0 Å². The van der Waals surface area contributed by atoms with Gasteiger partial charge in [-0.3, -0.25) is 0 Å². The second-order valence-electron chi connectivity index (χ2n) is 3.73. The van der Waals surface area contributed by atoms with Gasteiger partial charge in [0.05, 0.1) is 25.9 Å². The zero-order chi connectivity index (χ0) is 11.5. The second-order valence-corrected chi connectivity index (χ2v) is 3.73. The lowest BCUT2D eigenvalue weighted by atomic mass is 10.4. The van der Waals surface area contributed by atoms with E-state index in [-0.39, 0.29) is 0 Å². The monoisotopic (exact) mass is 220 g/mol. The maximum atomic E-state index is 9.47. The van der Waals surface area contributed by atoms with Crippen molar-refractivity contribution in [1.82, 2.24) is 10.2 Å². The Balaban J connectivity index is 3.15. The Labute approximate surface area is 92.4 Å². The highest BCUT2D eigenvalue weighted by Gasteiger charge is 2.03. The van der Waals surface area contributed by atoms with E-state index in [2.05, 4.69) is 10.2 Å². The van der Waals surface area contributed by atoms with Crippen molar-refractivity contribution in [2.24, 2.45) is 0 Å². The summed E-state index contributed by atoms with van der Waals surface area (Å²) in [4.78, 5) is 2.09. The molecule has 2 N–H and O–H groups in total. The Kier molecular flexibility index (Phi) is 10.2. The minimum absolute atomic E-state index is 0.359. The fraction of sp³-hybridized carbons (Fsp3) is 1.00. The van der Waals surface area contributed by atoms with Crippen molar-refractivity contribution in [3.8, 4) is 0 Å². The van der Waals surface area contributed by atoms with Crippen LogP contribution < -0.4 is 5.32 Å². The van der Waals surface area contributed by atoms with Gasteiger partial charge in [0, 0.05) is 26.7 Å². The molecule has 0 bridgehead atoms. The number of nitrogens with one attached hydrogen (secondary N) is 1. The largest absolute Gasteiger partial charge is 0.389 e. The lowest BCUT2D eigenvalue weighted by molar-refractivity contribution is 0.0138. The van der Waals surface area contributed by atoms with Crippen molar-refractivity contribution in [3.63, 3.8) is 0 Å². The highest BCUT2D eigenvalue weighted by atomic mass is 16.5. The van der Waals surface area contributed by atoms with Gasteiger partial charge in [-0.2, -0.15) is 0 Å². The number of methoxy groups -OCH3 is 1. The average molecular weight is 220 g/mol. The molecule has 0 aromatic carbocycles. The van der Waals surface area contributed by atoms with E-state index in [4.69, 9.17) is 9.47 Å². The molecular weight excluding hydrogens is 196 g/mol. The molecule has 0 aromatic heterocycles. The van der Waals surface area contributed by atoms with Crippen LogP contribution in [0.2, 0.25) is 0 Å². The first-order valence-corrected chi connectivity index (χ1v) is 5.27. The quantitative estimate of drug-likeness (QED) is 0.470. The first kappa shape index (κ1) is 14.8. The minimum Gasteiger partial charge on any atom is -0.389 e. The summed E-state index contributed by atoms with van der Waals surface area (Å²) < 4.78 is 10.0. The van der Waals surface area contributed by atoms with Crippen LogP contribution in [0.15, 0.2) is 0 Å². The number of nitrogens with zero attached hydrogens (tertiary/aromatic N) is 1. The molecule has 15 heavy (non-hydrogen) atoms. The third-order valence-electron chi connectivity index (χ3n) is 1.86. The first-order chi connectivity index (χ1) is 7.16. The summed E-state index contributed by atoms with van der Waals surface area (Å²) in [5.41, 5.74) is 0. The summed E-state index contributed by atoms with van der Waals surface area (Å²) >= 11 is 0. The summed E-state index contributed by atoms with van der Waals surface area (Å²) in [6.45, 7) is 3.88. The molecule has 5 nitrogen and oxygen atoms in total. The topological polar surface area (TPSA) is 54.0 Å². The third kappa shape index (κ3) is 11.7.